The van der Waals surface area contributed by atoms with E-state index in [1.165, 1.54) is 10.4 Å². The Morgan fingerprint density at radius 2 is 2.07 bits per heavy atom. The lowest BCUT2D eigenvalue weighted by atomic mass is 9.98. The minimum absolute atomic E-state index is 0.0574. The third-order valence-corrected chi connectivity index (χ3v) is 6.64. The number of para-hydroxylation sites is 1. The zero-order valence-corrected chi connectivity index (χ0v) is 16.4. The maximum atomic E-state index is 13.3. The van der Waals surface area contributed by atoms with Crippen molar-refractivity contribution in [1.29, 1.82) is 5.26 Å². The smallest absolute Gasteiger partial charge is 0.264 e. The molecule has 6 heteroatoms. The molecule has 1 aliphatic heterocycles. The molecule has 1 aliphatic rings. The summed E-state index contributed by atoms with van der Waals surface area (Å²) in [5.41, 5.74) is 1.65. The lowest BCUT2D eigenvalue weighted by Crippen LogP contribution is -2.45. The van der Waals surface area contributed by atoms with E-state index in [1.54, 1.807) is 53.9 Å². The molecule has 1 aromatic carbocycles. The van der Waals surface area contributed by atoms with Crippen LogP contribution in [0.5, 0.6) is 5.75 Å². The van der Waals surface area contributed by atoms with Crippen molar-refractivity contribution in [2.24, 2.45) is 0 Å². The van der Waals surface area contributed by atoms with Gasteiger partial charge in [0, 0.05) is 16.3 Å². The first-order valence-electron chi connectivity index (χ1n) is 8.75. The predicted octanol–water partition coefficient (Wildman–Crippen LogP) is 4.62. The summed E-state index contributed by atoms with van der Waals surface area (Å²) >= 11 is 3.42. The van der Waals surface area contributed by atoms with Gasteiger partial charge in [-0.1, -0.05) is 18.2 Å². The molecule has 0 fully saturated rings. The maximum absolute atomic E-state index is 13.3. The number of rotatable bonds is 4. The van der Waals surface area contributed by atoms with Crippen LogP contribution in [0.15, 0.2) is 53.2 Å². The standard InChI is InChI=1S/C21H18N2O2S2/c1-14(25-17-6-3-2-5-15(17)13-22)21(24)23-10-8-18-16(9-12-27-18)20(23)19-7-4-11-26-19/h2-7,9,11-12,14,20H,8,10H2,1H3. The second-order valence-corrected chi connectivity index (χ2v) is 8.35. The van der Waals surface area contributed by atoms with E-state index < -0.39 is 6.10 Å². The molecule has 2 unspecified atom stereocenters. The van der Waals surface area contributed by atoms with Crippen molar-refractivity contribution in [2.45, 2.75) is 25.5 Å². The van der Waals surface area contributed by atoms with Crippen LogP contribution in [0.4, 0.5) is 0 Å². The Morgan fingerprint density at radius 3 is 2.85 bits per heavy atom. The highest BCUT2D eigenvalue weighted by atomic mass is 32.1. The van der Waals surface area contributed by atoms with Gasteiger partial charge >= 0.3 is 0 Å². The molecule has 0 N–H and O–H groups in total. The summed E-state index contributed by atoms with van der Waals surface area (Å²) < 4.78 is 5.88. The molecule has 0 saturated heterocycles. The molecule has 0 aliphatic carbocycles. The first-order valence-corrected chi connectivity index (χ1v) is 10.5. The number of benzene rings is 1. The predicted molar refractivity (Wildman–Crippen MR) is 107 cm³/mol. The van der Waals surface area contributed by atoms with Crippen molar-refractivity contribution in [3.05, 3.63) is 74.1 Å². The fourth-order valence-corrected chi connectivity index (χ4v) is 5.20. The minimum atomic E-state index is -0.665. The van der Waals surface area contributed by atoms with Crippen LogP contribution in [-0.4, -0.2) is 23.5 Å². The molecule has 4 rings (SSSR count). The van der Waals surface area contributed by atoms with Crippen LogP contribution in [-0.2, 0) is 11.2 Å². The minimum Gasteiger partial charge on any atom is -0.480 e. The second-order valence-electron chi connectivity index (χ2n) is 6.37. The van der Waals surface area contributed by atoms with E-state index in [1.807, 2.05) is 16.3 Å². The van der Waals surface area contributed by atoms with Crippen LogP contribution in [0.3, 0.4) is 0 Å². The zero-order chi connectivity index (χ0) is 18.8. The summed E-state index contributed by atoms with van der Waals surface area (Å²) in [6.45, 7) is 2.42. The van der Waals surface area contributed by atoms with Gasteiger partial charge in [-0.3, -0.25) is 4.79 Å². The van der Waals surface area contributed by atoms with Gasteiger partial charge in [0.05, 0.1) is 11.6 Å². The third-order valence-electron chi connectivity index (χ3n) is 4.72. The van der Waals surface area contributed by atoms with Gasteiger partial charge in [0.1, 0.15) is 11.8 Å². The number of carbonyl (C=O) groups is 1. The van der Waals surface area contributed by atoms with Crippen molar-refractivity contribution in [1.82, 2.24) is 4.90 Å². The molecule has 2 aromatic heterocycles. The number of nitriles is 1. The number of ether oxygens (including phenoxy) is 1. The Morgan fingerprint density at radius 1 is 1.22 bits per heavy atom. The van der Waals surface area contributed by atoms with Gasteiger partial charge in [-0.2, -0.15) is 5.26 Å². The zero-order valence-electron chi connectivity index (χ0n) is 14.8. The third kappa shape index (κ3) is 3.36. The van der Waals surface area contributed by atoms with Crippen molar-refractivity contribution < 1.29 is 9.53 Å². The highest BCUT2D eigenvalue weighted by Gasteiger charge is 2.36. The van der Waals surface area contributed by atoms with Crippen molar-refractivity contribution >= 4 is 28.6 Å². The van der Waals surface area contributed by atoms with E-state index in [0.717, 1.165) is 11.3 Å². The molecule has 3 aromatic rings. The van der Waals surface area contributed by atoms with Crippen LogP contribution in [0.1, 0.15) is 33.8 Å². The van der Waals surface area contributed by atoms with Crippen molar-refractivity contribution in [2.75, 3.05) is 6.54 Å². The van der Waals surface area contributed by atoms with Crippen molar-refractivity contribution in [3.8, 4) is 11.8 Å². The van der Waals surface area contributed by atoms with E-state index in [4.69, 9.17) is 4.74 Å². The molecule has 0 radical (unpaired) electrons. The van der Waals surface area contributed by atoms with Crippen LogP contribution in [0.2, 0.25) is 0 Å². The average molecular weight is 395 g/mol. The monoisotopic (exact) mass is 394 g/mol. The van der Waals surface area contributed by atoms with E-state index >= 15 is 0 Å². The summed E-state index contributed by atoms with van der Waals surface area (Å²) in [4.78, 5) is 17.7. The van der Waals surface area contributed by atoms with Crippen LogP contribution < -0.4 is 4.74 Å². The Hall–Kier alpha value is -2.62. The van der Waals surface area contributed by atoms with Gasteiger partial charge in [-0.25, -0.2) is 0 Å². The first kappa shape index (κ1) is 17.8. The summed E-state index contributed by atoms with van der Waals surface area (Å²) in [5.74, 6) is 0.389. The molecule has 2 atom stereocenters. The van der Waals surface area contributed by atoms with Gasteiger partial charge < -0.3 is 9.64 Å². The topological polar surface area (TPSA) is 53.3 Å². The number of hydrogen-bond acceptors (Lipinski definition) is 5. The normalized spacial score (nSPS) is 17.0. The van der Waals surface area contributed by atoms with Crippen LogP contribution in [0, 0.1) is 11.3 Å². The van der Waals surface area contributed by atoms with Crippen LogP contribution >= 0.6 is 22.7 Å². The summed E-state index contributed by atoms with van der Waals surface area (Å²) in [7, 11) is 0. The molecule has 0 saturated carbocycles. The lowest BCUT2D eigenvalue weighted by molar-refractivity contribution is -0.140. The van der Waals surface area contributed by atoms with E-state index in [-0.39, 0.29) is 11.9 Å². The summed E-state index contributed by atoms with van der Waals surface area (Å²) in [6, 6.07) is 15.3. The Bertz CT molecular complexity index is 988. The largest absolute Gasteiger partial charge is 0.480 e. The van der Waals surface area contributed by atoms with Crippen LogP contribution in [0.25, 0.3) is 0 Å². The molecular formula is C21H18N2O2S2. The van der Waals surface area contributed by atoms with Gasteiger partial charge in [-0.05, 0) is 53.9 Å². The van der Waals surface area contributed by atoms with Crippen molar-refractivity contribution in [3.63, 3.8) is 0 Å². The molecule has 0 bridgehead atoms. The molecule has 3 heterocycles. The number of hydrogen-bond donors (Lipinski definition) is 0. The van der Waals surface area contributed by atoms with Gasteiger partial charge in [0.25, 0.3) is 5.91 Å². The van der Waals surface area contributed by atoms with E-state index in [0.29, 0.717) is 17.9 Å². The summed E-state index contributed by atoms with van der Waals surface area (Å²) in [5, 5.41) is 13.4. The van der Waals surface area contributed by atoms with E-state index in [2.05, 4.69) is 23.6 Å². The highest BCUT2D eigenvalue weighted by molar-refractivity contribution is 7.10. The van der Waals surface area contributed by atoms with E-state index in [9.17, 15) is 10.1 Å². The fraction of sp³-hybridized carbons (Fsp3) is 0.238. The quantitative estimate of drug-likeness (QED) is 0.649. The summed E-state index contributed by atoms with van der Waals surface area (Å²) in [6.07, 6.45) is 0.199. The molecular weight excluding hydrogens is 376 g/mol. The molecule has 1 amide bonds. The van der Waals surface area contributed by atoms with Gasteiger partial charge in [0.2, 0.25) is 0 Å². The molecule has 0 spiro atoms. The number of nitrogens with zero attached hydrogens (tertiary/aromatic N) is 2. The number of carbonyl (C=O) groups excluding carboxylic acids is 1. The average Bonchev–Trinajstić information content (AvgIpc) is 3.38. The SMILES string of the molecule is CC(Oc1ccccc1C#N)C(=O)N1CCc2sccc2C1c1cccs1. The number of fused-ring (bicyclic) bond motifs is 1. The Kier molecular flexibility index (Phi) is 4.97. The number of amides is 1. The van der Waals surface area contributed by atoms with Gasteiger partial charge in [-0.15, -0.1) is 22.7 Å². The van der Waals surface area contributed by atoms with Gasteiger partial charge in [0.15, 0.2) is 6.10 Å². The lowest BCUT2D eigenvalue weighted by Gasteiger charge is -2.37. The second kappa shape index (κ2) is 7.55. The highest BCUT2D eigenvalue weighted by Crippen LogP contribution is 2.39. The maximum Gasteiger partial charge on any atom is 0.264 e. The fourth-order valence-electron chi connectivity index (χ4n) is 3.44. The first-order chi connectivity index (χ1) is 13.2. The number of thiophene rings is 2. The Labute approximate surface area is 166 Å². The Balaban J connectivity index is 1.61. The molecule has 4 nitrogen and oxygen atoms in total. The molecule has 136 valence electrons. The molecule has 27 heavy (non-hydrogen) atoms.